The Labute approximate surface area is 164 Å². The first kappa shape index (κ1) is 17.4. The Kier molecular flexibility index (Phi) is 4.39. The lowest BCUT2D eigenvalue weighted by Crippen LogP contribution is -2.43. The van der Waals surface area contributed by atoms with Crippen LogP contribution in [0.5, 0.6) is 0 Å². The predicted octanol–water partition coefficient (Wildman–Crippen LogP) is 1.95. The SMILES string of the molecule is CC1=NOC(C(=O)N2CCn3nc(CN4CCc5ccccc5C4)cc3C2)C1. The molecule has 0 N–H and O–H groups in total. The molecule has 5 rings (SSSR count). The monoisotopic (exact) mass is 379 g/mol. The first-order chi connectivity index (χ1) is 13.7. The minimum absolute atomic E-state index is 0.0298. The number of hydrogen-bond acceptors (Lipinski definition) is 5. The Bertz CT molecular complexity index is 935. The van der Waals surface area contributed by atoms with Crippen LogP contribution in [0.25, 0.3) is 0 Å². The first-order valence-corrected chi connectivity index (χ1v) is 9.98. The summed E-state index contributed by atoms with van der Waals surface area (Å²) in [5.41, 5.74) is 5.95. The molecule has 1 unspecified atom stereocenters. The van der Waals surface area contributed by atoms with E-state index in [0.717, 1.165) is 49.7 Å². The lowest BCUT2D eigenvalue weighted by Gasteiger charge is -2.29. The standard InChI is InChI=1S/C21H25N5O2/c1-15-10-20(28-23-15)21(27)25-8-9-26-19(14-25)11-18(22-26)13-24-7-6-16-4-2-3-5-17(16)12-24/h2-5,11,20H,6-10,12-14H2,1H3. The molecule has 0 radical (unpaired) electrons. The minimum Gasteiger partial charge on any atom is -0.382 e. The zero-order valence-electron chi connectivity index (χ0n) is 16.2. The van der Waals surface area contributed by atoms with E-state index in [9.17, 15) is 4.79 Å². The van der Waals surface area contributed by atoms with E-state index in [1.807, 2.05) is 16.5 Å². The van der Waals surface area contributed by atoms with Gasteiger partial charge < -0.3 is 9.74 Å². The van der Waals surface area contributed by atoms with Gasteiger partial charge in [0.2, 0.25) is 6.10 Å². The molecule has 3 aliphatic rings. The minimum atomic E-state index is -0.456. The van der Waals surface area contributed by atoms with Gasteiger partial charge in [0.15, 0.2) is 0 Å². The fourth-order valence-corrected chi connectivity index (χ4v) is 4.34. The van der Waals surface area contributed by atoms with Gasteiger partial charge >= 0.3 is 0 Å². The van der Waals surface area contributed by atoms with Crippen LogP contribution in [-0.4, -0.2) is 50.4 Å². The van der Waals surface area contributed by atoms with Crippen molar-refractivity contribution in [2.24, 2.45) is 5.16 Å². The summed E-state index contributed by atoms with van der Waals surface area (Å²) in [6.45, 7) is 6.77. The fourth-order valence-electron chi connectivity index (χ4n) is 4.34. The van der Waals surface area contributed by atoms with Crippen LogP contribution in [0.4, 0.5) is 0 Å². The number of carbonyl (C=O) groups is 1. The van der Waals surface area contributed by atoms with Crippen LogP contribution >= 0.6 is 0 Å². The summed E-state index contributed by atoms with van der Waals surface area (Å²) >= 11 is 0. The summed E-state index contributed by atoms with van der Waals surface area (Å²) in [6.07, 6.45) is 1.23. The van der Waals surface area contributed by atoms with E-state index in [4.69, 9.17) is 9.94 Å². The van der Waals surface area contributed by atoms with Crippen molar-refractivity contribution < 1.29 is 9.63 Å². The van der Waals surface area contributed by atoms with Gasteiger partial charge in [-0.25, -0.2) is 0 Å². The van der Waals surface area contributed by atoms with Gasteiger partial charge in [-0.15, -0.1) is 0 Å². The average molecular weight is 379 g/mol. The third-order valence-electron chi connectivity index (χ3n) is 5.85. The number of benzene rings is 1. The molecule has 1 aromatic heterocycles. The van der Waals surface area contributed by atoms with Gasteiger partial charge in [0.1, 0.15) is 0 Å². The molecule has 0 bridgehead atoms. The van der Waals surface area contributed by atoms with Crippen molar-refractivity contribution in [3.63, 3.8) is 0 Å². The third kappa shape index (κ3) is 3.30. The van der Waals surface area contributed by atoms with Gasteiger partial charge in [-0.1, -0.05) is 29.4 Å². The van der Waals surface area contributed by atoms with Crippen molar-refractivity contribution in [1.29, 1.82) is 0 Å². The van der Waals surface area contributed by atoms with E-state index in [2.05, 4.69) is 40.4 Å². The van der Waals surface area contributed by atoms with Gasteiger partial charge in [0, 0.05) is 32.6 Å². The Balaban J connectivity index is 1.23. The highest BCUT2D eigenvalue weighted by Crippen LogP contribution is 2.22. The van der Waals surface area contributed by atoms with Crippen LogP contribution < -0.4 is 0 Å². The highest BCUT2D eigenvalue weighted by Gasteiger charge is 2.32. The molecule has 7 heteroatoms. The maximum Gasteiger partial charge on any atom is 0.267 e. The summed E-state index contributed by atoms with van der Waals surface area (Å²) in [6, 6.07) is 10.8. The van der Waals surface area contributed by atoms with Gasteiger partial charge in [0.05, 0.1) is 30.2 Å². The van der Waals surface area contributed by atoms with Crippen molar-refractivity contribution in [1.82, 2.24) is 19.6 Å². The molecule has 28 heavy (non-hydrogen) atoms. The van der Waals surface area contributed by atoms with Crippen LogP contribution in [0.1, 0.15) is 35.9 Å². The molecule has 3 aliphatic heterocycles. The maximum absolute atomic E-state index is 12.7. The van der Waals surface area contributed by atoms with Gasteiger partial charge in [0.25, 0.3) is 5.91 Å². The summed E-state index contributed by atoms with van der Waals surface area (Å²) in [5, 5.41) is 8.70. The lowest BCUT2D eigenvalue weighted by molar-refractivity contribution is -0.143. The van der Waals surface area contributed by atoms with E-state index < -0.39 is 6.10 Å². The molecule has 146 valence electrons. The third-order valence-corrected chi connectivity index (χ3v) is 5.85. The molecule has 0 fully saturated rings. The van der Waals surface area contributed by atoms with Crippen LogP contribution in [0, 0.1) is 0 Å². The highest BCUT2D eigenvalue weighted by atomic mass is 16.6. The summed E-state index contributed by atoms with van der Waals surface area (Å²) in [4.78, 5) is 22.3. The lowest BCUT2D eigenvalue weighted by atomic mass is 10.00. The Morgan fingerprint density at radius 1 is 1.18 bits per heavy atom. The van der Waals surface area contributed by atoms with Crippen molar-refractivity contribution >= 4 is 11.6 Å². The molecule has 2 aromatic rings. The molecule has 7 nitrogen and oxygen atoms in total. The number of carbonyl (C=O) groups excluding carboxylic acids is 1. The average Bonchev–Trinajstić information content (AvgIpc) is 3.32. The second kappa shape index (κ2) is 7.05. The largest absolute Gasteiger partial charge is 0.382 e. The van der Waals surface area contributed by atoms with E-state index in [-0.39, 0.29) is 5.91 Å². The first-order valence-electron chi connectivity index (χ1n) is 9.98. The number of aromatic nitrogens is 2. The second-order valence-electron chi connectivity index (χ2n) is 7.96. The summed E-state index contributed by atoms with van der Waals surface area (Å²) in [7, 11) is 0. The van der Waals surface area contributed by atoms with Gasteiger partial charge in [-0.3, -0.25) is 14.4 Å². The van der Waals surface area contributed by atoms with Crippen LogP contribution in [0.3, 0.4) is 0 Å². The van der Waals surface area contributed by atoms with Crippen LogP contribution in [0.15, 0.2) is 35.5 Å². The van der Waals surface area contributed by atoms with Crippen LogP contribution in [-0.2, 0) is 42.2 Å². The fraction of sp³-hybridized carbons (Fsp3) is 0.476. The maximum atomic E-state index is 12.7. The number of hydrogen-bond donors (Lipinski definition) is 0. The number of nitrogens with zero attached hydrogens (tertiary/aromatic N) is 5. The molecule has 0 spiro atoms. The zero-order chi connectivity index (χ0) is 19.1. The van der Waals surface area contributed by atoms with E-state index in [0.29, 0.717) is 19.5 Å². The van der Waals surface area contributed by atoms with Crippen LogP contribution in [0.2, 0.25) is 0 Å². The molecule has 1 atom stereocenters. The van der Waals surface area contributed by atoms with Gasteiger partial charge in [-0.05, 0) is 30.5 Å². The topological polar surface area (TPSA) is 63.0 Å². The summed E-state index contributed by atoms with van der Waals surface area (Å²) in [5.74, 6) is 0.0298. The highest BCUT2D eigenvalue weighted by molar-refractivity contribution is 5.91. The molecular weight excluding hydrogens is 354 g/mol. The molecule has 4 heterocycles. The van der Waals surface area contributed by atoms with Crippen molar-refractivity contribution in [3.8, 4) is 0 Å². The molecule has 1 aromatic carbocycles. The molecule has 0 saturated heterocycles. The second-order valence-corrected chi connectivity index (χ2v) is 7.96. The van der Waals surface area contributed by atoms with Crippen molar-refractivity contribution in [2.45, 2.75) is 52.0 Å². The normalized spacial score (nSPS) is 21.7. The molecular formula is C21H25N5O2. The molecule has 0 saturated carbocycles. The Morgan fingerprint density at radius 3 is 2.86 bits per heavy atom. The Morgan fingerprint density at radius 2 is 2.04 bits per heavy atom. The van der Waals surface area contributed by atoms with E-state index >= 15 is 0 Å². The van der Waals surface area contributed by atoms with Crippen molar-refractivity contribution in [2.75, 3.05) is 13.1 Å². The zero-order valence-corrected chi connectivity index (χ0v) is 16.2. The number of rotatable bonds is 3. The number of fused-ring (bicyclic) bond motifs is 2. The van der Waals surface area contributed by atoms with E-state index in [1.54, 1.807) is 0 Å². The summed E-state index contributed by atoms with van der Waals surface area (Å²) < 4.78 is 2.05. The molecule has 0 aliphatic carbocycles. The molecule has 1 amide bonds. The van der Waals surface area contributed by atoms with Crippen molar-refractivity contribution in [3.05, 3.63) is 52.8 Å². The number of amides is 1. The predicted molar refractivity (Wildman–Crippen MR) is 105 cm³/mol. The van der Waals surface area contributed by atoms with Gasteiger partial charge in [-0.2, -0.15) is 5.10 Å². The smallest absolute Gasteiger partial charge is 0.267 e. The Hall–Kier alpha value is -2.67. The van der Waals surface area contributed by atoms with E-state index in [1.165, 1.54) is 11.1 Å². The quantitative estimate of drug-likeness (QED) is 0.818. The number of oxime groups is 1.